The molecule has 7 nitrogen and oxygen atoms in total. The van der Waals surface area contributed by atoms with Crippen molar-refractivity contribution < 1.29 is 13.9 Å². The zero-order chi connectivity index (χ0) is 22.5. The van der Waals surface area contributed by atoms with E-state index < -0.39 is 0 Å². The molecule has 2 aromatic carbocycles. The molecule has 32 heavy (non-hydrogen) atoms. The number of ether oxygens (including phenoxy) is 1. The molecule has 0 spiro atoms. The van der Waals surface area contributed by atoms with Gasteiger partial charge in [0, 0.05) is 18.1 Å². The second-order valence-corrected chi connectivity index (χ2v) is 8.71. The number of nitrogens with one attached hydrogen (secondary N) is 1. The maximum absolute atomic E-state index is 13.9. The molecule has 1 N–H and O–H groups in total. The molecule has 168 valence electrons. The molecular formula is C22H23ClFN5O2S. The Morgan fingerprint density at radius 2 is 1.97 bits per heavy atom. The van der Waals surface area contributed by atoms with Crippen LogP contribution in [-0.2, 0) is 9.53 Å². The quantitative estimate of drug-likeness (QED) is 0.523. The molecule has 1 aliphatic heterocycles. The summed E-state index contributed by atoms with van der Waals surface area (Å²) in [5.74, 6) is 0.263. The van der Waals surface area contributed by atoms with Gasteiger partial charge in [0.1, 0.15) is 5.82 Å². The van der Waals surface area contributed by atoms with Gasteiger partial charge in [-0.2, -0.15) is 0 Å². The summed E-state index contributed by atoms with van der Waals surface area (Å²) in [5, 5.41) is 12.8. The van der Waals surface area contributed by atoms with Gasteiger partial charge < -0.3 is 15.0 Å². The Balaban J connectivity index is 1.49. The van der Waals surface area contributed by atoms with E-state index in [1.54, 1.807) is 28.8 Å². The van der Waals surface area contributed by atoms with Gasteiger partial charge >= 0.3 is 0 Å². The molecule has 1 aromatic heterocycles. The Hall–Kier alpha value is -2.62. The van der Waals surface area contributed by atoms with Crippen molar-refractivity contribution in [1.82, 2.24) is 20.1 Å². The summed E-state index contributed by atoms with van der Waals surface area (Å²) >= 11 is 7.19. The predicted octanol–water partition coefficient (Wildman–Crippen LogP) is 3.87. The van der Waals surface area contributed by atoms with Gasteiger partial charge in [-0.25, -0.2) is 4.39 Å². The summed E-state index contributed by atoms with van der Waals surface area (Å²) in [6, 6.07) is 13.5. The predicted molar refractivity (Wildman–Crippen MR) is 123 cm³/mol. The van der Waals surface area contributed by atoms with Crippen LogP contribution in [-0.4, -0.2) is 52.7 Å². The Morgan fingerprint density at radius 3 is 2.69 bits per heavy atom. The van der Waals surface area contributed by atoms with E-state index in [0.29, 0.717) is 48.1 Å². The number of benzene rings is 2. The minimum Gasteiger partial charge on any atom is -0.378 e. The molecule has 0 radical (unpaired) electrons. The Kier molecular flexibility index (Phi) is 7.29. The summed E-state index contributed by atoms with van der Waals surface area (Å²) in [5.41, 5.74) is 1.57. The van der Waals surface area contributed by atoms with Crippen LogP contribution in [0.15, 0.2) is 53.7 Å². The van der Waals surface area contributed by atoms with E-state index in [1.807, 2.05) is 24.0 Å². The highest BCUT2D eigenvalue weighted by atomic mass is 35.5. The Labute approximate surface area is 194 Å². The third-order valence-electron chi connectivity index (χ3n) is 5.06. The van der Waals surface area contributed by atoms with Gasteiger partial charge in [0.05, 0.1) is 30.7 Å². The highest BCUT2D eigenvalue weighted by molar-refractivity contribution is 7.99. The van der Waals surface area contributed by atoms with Crippen LogP contribution in [0.25, 0.3) is 5.69 Å². The van der Waals surface area contributed by atoms with Crippen molar-refractivity contribution in [2.45, 2.75) is 18.1 Å². The van der Waals surface area contributed by atoms with Crippen LogP contribution in [0.2, 0.25) is 5.02 Å². The number of carbonyl (C=O) groups is 1. The first-order valence-corrected chi connectivity index (χ1v) is 11.6. The number of rotatable bonds is 7. The lowest BCUT2D eigenvalue weighted by molar-refractivity contribution is -0.119. The monoisotopic (exact) mass is 475 g/mol. The molecule has 0 bridgehead atoms. The Bertz CT molecular complexity index is 1070. The van der Waals surface area contributed by atoms with Crippen molar-refractivity contribution in [3.05, 3.63) is 64.9 Å². The smallest absolute Gasteiger partial charge is 0.232 e. The summed E-state index contributed by atoms with van der Waals surface area (Å²) in [6.45, 7) is 4.42. The number of amides is 1. The molecule has 1 amide bonds. The molecule has 10 heteroatoms. The minimum absolute atomic E-state index is 0.140. The lowest BCUT2D eigenvalue weighted by atomic mass is 10.1. The molecule has 0 saturated carbocycles. The topological polar surface area (TPSA) is 72.3 Å². The van der Waals surface area contributed by atoms with Crippen molar-refractivity contribution >= 4 is 35.2 Å². The minimum atomic E-state index is -0.352. The van der Waals surface area contributed by atoms with Crippen LogP contribution in [0.3, 0.4) is 0 Å². The standard InChI is InChI=1S/C22H23ClFN5O2S/c1-15(16-5-7-17(23)8-6-16)25-20(30)14-32-22-27-26-21(28-9-11-31-12-10-28)29(22)19-4-2-3-18(24)13-19/h2-8,13,15H,9-12,14H2,1H3,(H,25,30). The fourth-order valence-electron chi connectivity index (χ4n) is 3.41. The van der Waals surface area contributed by atoms with E-state index in [4.69, 9.17) is 16.3 Å². The van der Waals surface area contributed by atoms with Crippen molar-refractivity contribution in [3.8, 4) is 5.69 Å². The van der Waals surface area contributed by atoms with Crippen LogP contribution in [0.1, 0.15) is 18.5 Å². The third-order valence-corrected chi connectivity index (χ3v) is 6.24. The van der Waals surface area contributed by atoms with Gasteiger partial charge in [-0.15, -0.1) is 10.2 Å². The molecule has 1 aliphatic rings. The molecule has 0 aliphatic carbocycles. The highest BCUT2D eigenvalue weighted by Gasteiger charge is 2.23. The number of morpholine rings is 1. The molecule has 3 aromatic rings. The third kappa shape index (κ3) is 5.40. The van der Waals surface area contributed by atoms with Crippen LogP contribution in [0.5, 0.6) is 0 Å². The molecule has 4 rings (SSSR count). The summed E-state index contributed by atoms with van der Waals surface area (Å²) in [7, 11) is 0. The van der Waals surface area contributed by atoms with E-state index in [1.165, 1.54) is 23.9 Å². The summed E-state index contributed by atoms with van der Waals surface area (Å²) in [4.78, 5) is 14.6. The van der Waals surface area contributed by atoms with E-state index >= 15 is 0 Å². The molecule has 2 heterocycles. The van der Waals surface area contributed by atoms with E-state index in [2.05, 4.69) is 15.5 Å². The zero-order valence-corrected chi connectivity index (χ0v) is 19.1. The second kappa shape index (κ2) is 10.3. The number of carbonyl (C=O) groups excluding carboxylic acids is 1. The normalized spacial score (nSPS) is 14.9. The zero-order valence-electron chi connectivity index (χ0n) is 17.5. The van der Waals surface area contributed by atoms with Crippen LogP contribution >= 0.6 is 23.4 Å². The maximum atomic E-state index is 13.9. The van der Waals surface area contributed by atoms with Crippen molar-refractivity contribution in [1.29, 1.82) is 0 Å². The number of hydrogen-bond acceptors (Lipinski definition) is 6. The van der Waals surface area contributed by atoms with Crippen molar-refractivity contribution in [3.63, 3.8) is 0 Å². The second-order valence-electron chi connectivity index (χ2n) is 7.33. The summed E-state index contributed by atoms with van der Waals surface area (Å²) < 4.78 is 21.2. The van der Waals surface area contributed by atoms with E-state index in [0.717, 1.165) is 5.56 Å². The molecular weight excluding hydrogens is 453 g/mol. The van der Waals surface area contributed by atoms with Crippen LogP contribution in [0, 0.1) is 5.82 Å². The summed E-state index contributed by atoms with van der Waals surface area (Å²) in [6.07, 6.45) is 0. The van der Waals surface area contributed by atoms with Crippen molar-refractivity contribution in [2.75, 3.05) is 37.0 Å². The average Bonchev–Trinajstić information content (AvgIpc) is 3.23. The molecule has 1 atom stereocenters. The lowest BCUT2D eigenvalue weighted by Gasteiger charge is -2.27. The molecule has 1 unspecified atom stereocenters. The fraction of sp³-hybridized carbons (Fsp3) is 0.318. The molecule has 1 fully saturated rings. The number of aromatic nitrogens is 3. The number of halogens is 2. The van der Waals surface area contributed by atoms with Crippen molar-refractivity contribution in [2.24, 2.45) is 0 Å². The van der Waals surface area contributed by atoms with Gasteiger partial charge in [-0.3, -0.25) is 9.36 Å². The van der Waals surface area contributed by atoms with Crippen LogP contribution in [0.4, 0.5) is 10.3 Å². The van der Waals surface area contributed by atoms with E-state index in [9.17, 15) is 9.18 Å². The number of nitrogens with zero attached hydrogens (tertiary/aromatic N) is 4. The first-order chi connectivity index (χ1) is 15.5. The first kappa shape index (κ1) is 22.6. The Morgan fingerprint density at radius 1 is 1.22 bits per heavy atom. The van der Waals surface area contributed by atoms with E-state index in [-0.39, 0.29) is 23.5 Å². The van der Waals surface area contributed by atoms with Gasteiger partial charge in [0.2, 0.25) is 11.9 Å². The van der Waals surface area contributed by atoms with Gasteiger partial charge in [0.25, 0.3) is 0 Å². The largest absolute Gasteiger partial charge is 0.378 e. The highest BCUT2D eigenvalue weighted by Crippen LogP contribution is 2.27. The van der Waals surface area contributed by atoms with Gasteiger partial charge in [-0.05, 0) is 42.8 Å². The number of thioether (sulfide) groups is 1. The SMILES string of the molecule is CC(NC(=O)CSc1nnc(N2CCOCC2)n1-c1cccc(F)c1)c1ccc(Cl)cc1. The van der Waals surface area contributed by atoms with Crippen LogP contribution < -0.4 is 10.2 Å². The fourth-order valence-corrected chi connectivity index (χ4v) is 4.30. The average molecular weight is 476 g/mol. The molecule has 1 saturated heterocycles. The lowest BCUT2D eigenvalue weighted by Crippen LogP contribution is -2.37. The van der Waals surface area contributed by atoms with Gasteiger partial charge in [-0.1, -0.05) is 41.6 Å². The first-order valence-electron chi connectivity index (χ1n) is 10.2. The van der Waals surface area contributed by atoms with Gasteiger partial charge in [0.15, 0.2) is 5.16 Å². The number of hydrogen-bond donors (Lipinski definition) is 1. The number of anilines is 1. The maximum Gasteiger partial charge on any atom is 0.232 e.